The van der Waals surface area contributed by atoms with E-state index in [9.17, 15) is 9.59 Å². The van der Waals surface area contributed by atoms with Gasteiger partial charge < -0.3 is 14.4 Å². The van der Waals surface area contributed by atoms with Gasteiger partial charge in [-0.3, -0.25) is 14.6 Å². The molecule has 0 spiro atoms. The summed E-state index contributed by atoms with van der Waals surface area (Å²) >= 11 is 1.48. The largest absolute Gasteiger partial charge is 0.489 e. The molecule has 3 aromatic rings. The first-order valence-corrected chi connectivity index (χ1v) is 10.1. The van der Waals surface area contributed by atoms with Crippen molar-refractivity contribution in [2.24, 2.45) is 0 Å². The normalized spacial score (nSPS) is 10.8. The molecule has 6 nitrogen and oxygen atoms in total. The third-order valence-electron chi connectivity index (χ3n) is 4.65. The van der Waals surface area contributed by atoms with Crippen molar-refractivity contribution in [3.8, 4) is 5.75 Å². The summed E-state index contributed by atoms with van der Waals surface area (Å²) in [6, 6.07) is 7.61. The summed E-state index contributed by atoms with van der Waals surface area (Å²) in [6.45, 7) is 4.27. The van der Waals surface area contributed by atoms with Gasteiger partial charge in [-0.1, -0.05) is 6.07 Å². The van der Waals surface area contributed by atoms with E-state index in [2.05, 4.69) is 4.98 Å². The zero-order valence-corrected chi connectivity index (χ0v) is 18.1. The van der Waals surface area contributed by atoms with Gasteiger partial charge in [0.05, 0.1) is 19.1 Å². The van der Waals surface area contributed by atoms with E-state index in [1.165, 1.54) is 23.3 Å². The lowest BCUT2D eigenvalue weighted by atomic mass is 10.0. The molecule has 0 saturated heterocycles. The third kappa shape index (κ3) is 4.56. The van der Waals surface area contributed by atoms with Crippen LogP contribution in [0.15, 0.2) is 29.6 Å². The standard InChI is InChI=1S/C22H24N2O4S/c1-13-6-7-15(14(2)23-13)11-28-17-9-18(22(26)24(3)4)21-16(8-20(25)27-5)12-29-19(21)10-17/h6-7,9-10,12H,8,11H2,1-5H3. The summed E-state index contributed by atoms with van der Waals surface area (Å²) in [5.41, 5.74) is 4.18. The molecule has 0 saturated carbocycles. The molecule has 0 N–H and O–H groups in total. The molecule has 0 aliphatic heterocycles. The monoisotopic (exact) mass is 412 g/mol. The topological polar surface area (TPSA) is 68.7 Å². The Balaban J connectivity index is 1.98. The van der Waals surface area contributed by atoms with Crippen LogP contribution in [-0.2, 0) is 22.6 Å². The first kappa shape index (κ1) is 20.8. The van der Waals surface area contributed by atoms with Crippen molar-refractivity contribution in [1.29, 1.82) is 0 Å². The van der Waals surface area contributed by atoms with Gasteiger partial charge >= 0.3 is 5.97 Å². The fourth-order valence-corrected chi connectivity index (χ4v) is 4.10. The van der Waals surface area contributed by atoms with Gasteiger partial charge in [-0.25, -0.2) is 0 Å². The molecule has 0 aliphatic rings. The van der Waals surface area contributed by atoms with Gasteiger partial charge in [0.15, 0.2) is 0 Å². The maximum absolute atomic E-state index is 12.8. The van der Waals surface area contributed by atoms with Gasteiger partial charge in [-0.15, -0.1) is 11.3 Å². The van der Waals surface area contributed by atoms with Crippen molar-refractivity contribution in [2.45, 2.75) is 26.9 Å². The Kier molecular flexibility index (Phi) is 6.17. The Morgan fingerprint density at radius 3 is 2.55 bits per heavy atom. The van der Waals surface area contributed by atoms with E-state index in [4.69, 9.17) is 9.47 Å². The highest BCUT2D eigenvalue weighted by molar-refractivity contribution is 7.17. The highest BCUT2D eigenvalue weighted by atomic mass is 32.1. The van der Waals surface area contributed by atoms with Gasteiger partial charge in [0.2, 0.25) is 0 Å². The van der Waals surface area contributed by atoms with Crippen LogP contribution in [0.5, 0.6) is 5.75 Å². The number of fused-ring (bicyclic) bond motifs is 1. The van der Waals surface area contributed by atoms with Crippen LogP contribution in [0.2, 0.25) is 0 Å². The van der Waals surface area contributed by atoms with Crippen LogP contribution in [0.1, 0.15) is 32.9 Å². The molecule has 0 atom stereocenters. The number of hydrogen-bond donors (Lipinski definition) is 0. The van der Waals surface area contributed by atoms with Crippen molar-refractivity contribution in [3.63, 3.8) is 0 Å². The van der Waals surface area contributed by atoms with Crippen LogP contribution in [0.25, 0.3) is 10.1 Å². The second-order valence-corrected chi connectivity index (χ2v) is 7.95. The molecule has 0 fully saturated rings. The zero-order chi connectivity index (χ0) is 21.1. The lowest BCUT2D eigenvalue weighted by Gasteiger charge is -2.15. The number of rotatable bonds is 6. The van der Waals surface area contributed by atoms with E-state index in [1.54, 1.807) is 20.2 Å². The van der Waals surface area contributed by atoms with E-state index in [0.29, 0.717) is 17.9 Å². The Morgan fingerprint density at radius 1 is 1.14 bits per heavy atom. The van der Waals surface area contributed by atoms with Crippen LogP contribution in [-0.4, -0.2) is 43.0 Å². The minimum absolute atomic E-state index is 0.124. The summed E-state index contributed by atoms with van der Waals surface area (Å²) in [7, 11) is 4.77. The molecule has 2 aromatic heterocycles. The highest BCUT2D eigenvalue weighted by Crippen LogP contribution is 2.34. The molecule has 0 aliphatic carbocycles. The Bertz CT molecular complexity index is 1070. The molecular formula is C22H24N2O4S. The third-order valence-corrected chi connectivity index (χ3v) is 5.63. The second kappa shape index (κ2) is 8.61. The summed E-state index contributed by atoms with van der Waals surface area (Å²) < 4.78 is 11.7. The molecule has 2 heterocycles. The van der Waals surface area contributed by atoms with Crippen LogP contribution in [0, 0.1) is 13.8 Å². The number of esters is 1. The fourth-order valence-electron chi connectivity index (χ4n) is 3.09. The van der Waals surface area contributed by atoms with E-state index in [-0.39, 0.29) is 18.3 Å². The number of pyridine rings is 1. The number of hydrogen-bond acceptors (Lipinski definition) is 6. The molecule has 0 bridgehead atoms. The van der Waals surface area contributed by atoms with Crippen molar-refractivity contribution < 1.29 is 19.1 Å². The number of ether oxygens (including phenoxy) is 2. The number of carbonyl (C=O) groups is 2. The number of aromatic nitrogens is 1. The molecular weight excluding hydrogens is 388 g/mol. The number of methoxy groups -OCH3 is 1. The Morgan fingerprint density at radius 2 is 1.90 bits per heavy atom. The maximum Gasteiger partial charge on any atom is 0.310 e. The number of nitrogens with zero attached hydrogens (tertiary/aromatic N) is 2. The minimum atomic E-state index is -0.337. The number of benzene rings is 1. The Hall–Kier alpha value is -2.93. The molecule has 0 radical (unpaired) electrons. The van der Waals surface area contributed by atoms with Crippen LogP contribution in [0.3, 0.4) is 0 Å². The SMILES string of the molecule is COC(=O)Cc1csc2cc(OCc3ccc(C)nc3C)cc(C(=O)N(C)C)c12. The summed E-state index contributed by atoms with van der Waals surface area (Å²) in [4.78, 5) is 30.6. The van der Waals surface area contributed by atoms with Gasteiger partial charge in [-0.05, 0) is 43.0 Å². The lowest BCUT2D eigenvalue weighted by Crippen LogP contribution is -2.22. The van der Waals surface area contributed by atoms with Crippen LogP contribution < -0.4 is 4.74 Å². The number of amides is 1. The van der Waals surface area contributed by atoms with Gasteiger partial charge in [0.1, 0.15) is 12.4 Å². The molecule has 7 heteroatoms. The average Bonchev–Trinajstić information content (AvgIpc) is 3.08. The first-order chi connectivity index (χ1) is 13.8. The minimum Gasteiger partial charge on any atom is -0.489 e. The average molecular weight is 413 g/mol. The lowest BCUT2D eigenvalue weighted by molar-refractivity contribution is -0.139. The highest BCUT2D eigenvalue weighted by Gasteiger charge is 2.20. The predicted octanol–water partition coefficient (Wildman–Crippen LogP) is 3.91. The van der Waals surface area contributed by atoms with Gasteiger partial charge in [-0.2, -0.15) is 0 Å². The van der Waals surface area contributed by atoms with E-state index < -0.39 is 0 Å². The summed E-state index contributed by atoms with van der Waals surface area (Å²) in [6.07, 6.45) is 0.124. The van der Waals surface area contributed by atoms with Gasteiger partial charge in [0, 0.05) is 41.1 Å². The number of thiophene rings is 1. The molecule has 3 rings (SSSR count). The summed E-state index contributed by atoms with van der Waals surface area (Å²) in [5, 5.41) is 2.67. The molecule has 152 valence electrons. The smallest absolute Gasteiger partial charge is 0.310 e. The van der Waals surface area contributed by atoms with Crippen molar-refractivity contribution >= 4 is 33.3 Å². The quantitative estimate of drug-likeness (QED) is 0.574. The van der Waals surface area contributed by atoms with E-state index in [1.807, 2.05) is 37.4 Å². The van der Waals surface area contributed by atoms with E-state index >= 15 is 0 Å². The zero-order valence-electron chi connectivity index (χ0n) is 17.2. The van der Waals surface area contributed by atoms with Crippen LogP contribution >= 0.6 is 11.3 Å². The number of aryl methyl sites for hydroxylation is 2. The predicted molar refractivity (Wildman–Crippen MR) is 114 cm³/mol. The van der Waals surface area contributed by atoms with Gasteiger partial charge in [0.25, 0.3) is 5.91 Å². The van der Waals surface area contributed by atoms with E-state index in [0.717, 1.165) is 32.6 Å². The second-order valence-electron chi connectivity index (χ2n) is 7.04. The Labute approximate surface area is 174 Å². The molecule has 0 unspecified atom stereocenters. The van der Waals surface area contributed by atoms with Crippen molar-refractivity contribution in [1.82, 2.24) is 9.88 Å². The molecule has 1 amide bonds. The maximum atomic E-state index is 12.8. The van der Waals surface area contributed by atoms with Crippen molar-refractivity contribution in [2.75, 3.05) is 21.2 Å². The summed E-state index contributed by atoms with van der Waals surface area (Å²) in [5.74, 6) is 0.128. The fraction of sp³-hybridized carbons (Fsp3) is 0.318. The van der Waals surface area contributed by atoms with Crippen molar-refractivity contribution in [3.05, 3.63) is 57.7 Å². The molecule has 29 heavy (non-hydrogen) atoms. The molecule has 1 aromatic carbocycles. The van der Waals surface area contributed by atoms with Crippen LogP contribution in [0.4, 0.5) is 0 Å². The number of carbonyl (C=O) groups excluding carboxylic acids is 2. The first-order valence-electron chi connectivity index (χ1n) is 9.18.